The third-order valence-electron chi connectivity index (χ3n) is 13.3. The lowest BCUT2D eigenvalue weighted by Crippen LogP contribution is -2.46. The molecule has 14 nitrogen and oxygen atoms in total. The predicted octanol–water partition coefficient (Wildman–Crippen LogP) is 8.44. The molecule has 0 aromatic carbocycles. The van der Waals surface area contributed by atoms with Crippen LogP contribution in [0.2, 0.25) is 0 Å². The fourth-order valence-corrected chi connectivity index (χ4v) is 12.3. The highest BCUT2D eigenvalue weighted by atomic mass is 32.1. The fourth-order valence-electron chi connectivity index (χ4n) is 9.67. The number of pyridine rings is 2. The highest BCUT2D eigenvalue weighted by molar-refractivity contribution is 7.21. The van der Waals surface area contributed by atoms with Crippen molar-refractivity contribution in [2.45, 2.75) is 90.6 Å². The van der Waals surface area contributed by atoms with E-state index in [1.54, 1.807) is 29.0 Å². The van der Waals surface area contributed by atoms with Crippen molar-refractivity contribution in [1.29, 1.82) is 0 Å². The van der Waals surface area contributed by atoms with E-state index < -0.39 is 0 Å². The number of piperidine rings is 1. The summed E-state index contributed by atoms with van der Waals surface area (Å²) in [5.74, 6) is 1.72. The van der Waals surface area contributed by atoms with Gasteiger partial charge in [-0.25, -0.2) is 19.0 Å². The number of thiophene rings is 2. The molecule has 0 bridgehead atoms. The van der Waals surface area contributed by atoms with Crippen molar-refractivity contribution in [3.63, 3.8) is 0 Å². The van der Waals surface area contributed by atoms with Gasteiger partial charge in [0.05, 0.1) is 41.6 Å². The third kappa shape index (κ3) is 7.34. The molecule has 9 heterocycles. The van der Waals surface area contributed by atoms with Crippen molar-refractivity contribution in [3.8, 4) is 22.5 Å². The number of rotatable bonds is 12. The molecular formula is C47H56N12O2S2. The van der Waals surface area contributed by atoms with E-state index in [0.717, 1.165) is 120 Å². The van der Waals surface area contributed by atoms with E-state index in [1.807, 2.05) is 51.3 Å². The van der Waals surface area contributed by atoms with E-state index in [1.165, 1.54) is 11.1 Å². The first-order chi connectivity index (χ1) is 30.2. The van der Waals surface area contributed by atoms with Gasteiger partial charge in [-0.3, -0.25) is 9.59 Å². The lowest BCUT2D eigenvalue weighted by molar-refractivity contribution is 0.0712. The summed E-state index contributed by atoms with van der Waals surface area (Å²) < 4.78 is 6.03. The van der Waals surface area contributed by atoms with Crippen molar-refractivity contribution in [1.82, 2.24) is 59.2 Å². The van der Waals surface area contributed by atoms with Gasteiger partial charge in [-0.1, -0.05) is 27.7 Å². The maximum atomic E-state index is 13.8. The van der Waals surface area contributed by atoms with Crippen LogP contribution in [0.15, 0.2) is 43.0 Å². The summed E-state index contributed by atoms with van der Waals surface area (Å²) in [4.78, 5) is 51.8. The summed E-state index contributed by atoms with van der Waals surface area (Å²) in [7, 11) is 5.97. The SMILES string of the molecule is Cc1cc(-c2[nH]c3cc(C(=O)N(C)CCN(C)C4CC4c4nc5c(C)cc(-c6[nH]c7cc(C(=O)N(C)C8CCCNC8)sc7c6C(C)C)cn5n4)sc3c2C(C)C)cn2ncnc12. The van der Waals surface area contributed by atoms with Crippen LogP contribution in [0.25, 0.3) is 54.2 Å². The van der Waals surface area contributed by atoms with Crippen LogP contribution in [0.5, 0.6) is 0 Å². The van der Waals surface area contributed by atoms with Gasteiger partial charge in [0, 0.05) is 75.3 Å². The second-order valence-electron chi connectivity index (χ2n) is 18.5. The Bertz CT molecular complexity index is 3050. The van der Waals surface area contributed by atoms with Crippen LogP contribution in [0.4, 0.5) is 0 Å². The number of nitrogens with zero attached hydrogens (tertiary/aromatic N) is 9. The van der Waals surface area contributed by atoms with Gasteiger partial charge in [0.15, 0.2) is 17.1 Å². The predicted molar refractivity (Wildman–Crippen MR) is 253 cm³/mol. The Hall–Kier alpha value is -5.42. The molecule has 0 radical (unpaired) electrons. The van der Waals surface area contributed by atoms with Crippen molar-refractivity contribution in [2.24, 2.45) is 0 Å². The van der Waals surface area contributed by atoms with Crippen LogP contribution in [0.1, 0.15) is 112 Å². The quantitative estimate of drug-likeness (QED) is 0.111. The van der Waals surface area contributed by atoms with E-state index in [0.29, 0.717) is 12.6 Å². The van der Waals surface area contributed by atoms with Gasteiger partial charge >= 0.3 is 0 Å². The van der Waals surface area contributed by atoms with E-state index in [2.05, 4.69) is 97.2 Å². The summed E-state index contributed by atoms with van der Waals surface area (Å²) in [6, 6.07) is 8.93. The number of hydrogen-bond acceptors (Lipinski definition) is 10. The summed E-state index contributed by atoms with van der Waals surface area (Å²) in [5, 5.41) is 12.9. The zero-order chi connectivity index (χ0) is 44.0. The summed E-state index contributed by atoms with van der Waals surface area (Å²) in [5.41, 5.74) is 12.5. The summed E-state index contributed by atoms with van der Waals surface area (Å²) in [6.07, 6.45) is 8.79. The Morgan fingerprint density at radius 2 is 1.44 bits per heavy atom. The van der Waals surface area contributed by atoms with E-state index in [-0.39, 0.29) is 35.6 Å². The molecule has 0 spiro atoms. The normalized spacial score (nSPS) is 18.1. The Kier molecular flexibility index (Phi) is 10.5. The maximum Gasteiger partial charge on any atom is 0.264 e. The van der Waals surface area contributed by atoms with E-state index >= 15 is 0 Å². The van der Waals surface area contributed by atoms with Crippen LogP contribution in [0.3, 0.4) is 0 Å². The number of likely N-dealkylation sites (N-methyl/N-ethyl adjacent to an activating group) is 3. The minimum atomic E-state index is 0.0336. The van der Waals surface area contributed by atoms with Crippen LogP contribution in [-0.4, -0.2) is 125 Å². The maximum absolute atomic E-state index is 13.8. The van der Waals surface area contributed by atoms with E-state index in [4.69, 9.17) is 10.1 Å². The van der Waals surface area contributed by atoms with Crippen LogP contribution in [-0.2, 0) is 0 Å². The average Bonchev–Trinajstić information content (AvgIpc) is 3.90. The first-order valence-electron chi connectivity index (χ1n) is 22.2. The van der Waals surface area contributed by atoms with Gasteiger partial charge in [-0.15, -0.1) is 22.7 Å². The number of carbonyl (C=O) groups excluding carboxylic acids is 2. The van der Waals surface area contributed by atoms with Gasteiger partial charge in [-0.05, 0) is 105 Å². The Labute approximate surface area is 374 Å². The standard InChI is InChI=1S/C47H56N12O2S2/c1-24(2)37-39(28-15-26(5)44-49-23-50-58(44)21-28)51-32-18-35(62-41(32)37)46(60)56(8)14-13-55(7)34-17-31(34)43-53-45-27(6)16-29(22-59(45)54-43)40-38(25(3)4)42-33(52-40)19-36(63-42)47(61)57(9)30-11-10-12-48-20-30/h15-16,18-19,21-25,30-31,34,48,51-52H,10-14,17,20H2,1-9H3. The van der Waals surface area contributed by atoms with Crippen molar-refractivity contribution in [2.75, 3.05) is 47.3 Å². The highest BCUT2D eigenvalue weighted by Crippen LogP contribution is 2.45. The molecule has 1 aliphatic carbocycles. The summed E-state index contributed by atoms with van der Waals surface area (Å²) in [6.45, 7) is 16.2. The number of aromatic nitrogens is 8. The Balaban J connectivity index is 0.809. The first kappa shape index (κ1) is 41.6. The minimum absolute atomic E-state index is 0.0336. The molecule has 2 aliphatic rings. The Morgan fingerprint density at radius 1 is 0.825 bits per heavy atom. The molecule has 328 valence electrons. The zero-order valence-electron chi connectivity index (χ0n) is 37.5. The Morgan fingerprint density at radius 3 is 2.06 bits per heavy atom. The number of carbonyl (C=O) groups is 2. The highest BCUT2D eigenvalue weighted by Gasteiger charge is 2.44. The van der Waals surface area contributed by atoms with Crippen LogP contribution < -0.4 is 5.32 Å². The molecule has 8 aromatic heterocycles. The minimum Gasteiger partial charge on any atom is -0.354 e. The molecule has 3 atom stereocenters. The van der Waals surface area contributed by atoms with Gasteiger partial charge < -0.3 is 30.0 Å². The molecule has 1 saturated carbocycles. The lowest BCUT2D eigenvalue weighted by atomic mass is 9.99. The van der Waals surface area contributed by atoms with Gasteiger partial charge in [0.1, 0.15) is 6.33 Å². The lowest BCUT2D eigenvalue weighted by Gasteiger charge is -2.31. The number of aryl methyl sites for hydroxylation is 2. The molecule has 10 rings (SSSR count). The number of aromatic amines is 2. The third-order valence-corrected chi connectivity index (χ3v) is 15.6. The molecule has 3 N–H and O–H groups in total. The monoisotopic (exact) mass is 884 g/mol. The number of hydrogen-bond donors (Lipinski definition) is 3. The molecule has 3 unspecified atom stereocenters. The zero-order valence-corrected chi connectivity index (χ0v) is 39.2. The first-order valence-corrected chi connectivity index (χ1v) is 23.8. The van der Waals surface area contributed by atoms with E-state index in [9.17, 15) is 9.59 Å². The molecule has 1 aliphatic heterocycles. The second kappa shape index (κ2) is 16.0. The molecule has 2 amide bonds. The van der Waals surface area contributed by atoms with Gasteiger partial charge in [0.2, 0.25) is 0 Å². The summed E-state index contributed by atoms with van der Waals surface area (Å²) >= 11 is 3.17. The van der Waals surface area contributed by atoms with Gasteiger partial charge in [0.25, 0.3) is 11.8 Å². The van der Waals surface area contributed by atoms with Gasteiger partial charge in [-0.2, -0.15) is 10.2 Å². The second-order valence-corrected chi connectivity index (χ2v) is 20.6. The number of fused-ring (bicyclic) bond motifs is 4. The van der Waals surface area contributed by atoms with Crippen molar-refractivity contribution >= 4 is 66.2 Å². The molecule has 1 saturated heterocycles. The topological polar surface area (TPSA) is 148 Å². The molecule has 8 aromatic rings. The van der Waals surface area contributed by atoms with Crippen LogP contribution >= 0.6 is 22.7 Å². The largest absolute Gasteiger partial charge is 0.354 e. The van der Waals surface area contributed by atoms with Crippen molar-refractivity contribution < 1.29 is 9.59 Å². The average molecular weight is 885 g/mol. The fraction of sp³-hybridized carbons (Fsp3) is 0.447. The molecule has 63 heavy (non-hydrogen) atoms. The molecule has 2 fully saturated rings. The molecular weight excluding hydrogens is 829 g/mol. The number of amides is 2. The molecule has 16 heteroatoms. The number of H-pyrrole nitrogens is 2. The smallest absolute Gasteiger partial charge is 0.264 e. The van der Waals surface area contributed by atoms with Crippen LogP contribution in [0, 0.1) is 13.8 Å². The number of nitrogens with one attached hydrogen (secondary N) is 3. The van der Waals surface area contributed by atoms with Crippen molar-refractivity contribution in [3.05, 3.63) is 80.8 Å².